The summed E-state index contributed by atoms with van der Waals surface area (Å²) in [5.41, 5.74) is 2.41. The van der Waals surface area contributed by atoms with Crippen molar-refractivity contribution in [3.05, 3.63) is 95.5 Å². The van der Waals surface area contributed by atoms with Gasteiger partial charge in [-0.15, -0.1) is 0 Å². The molecule has 0 aliphatic carbocycles. The van der Waals surface area contributed by atoms with Crippen molar-refractivity contribution in [3.8, 4) is 5.75 Å². The Morgan fingerprint density at radius 2 is 2.02 bits per heavy atom. The number of methoxy groups -OCH3 is 1. The number of hydrogen-bond acceptors (Lipinski definition) is 8. The number of pyridine rings is 2. The van der Waals surface area contributed by atoms with Crippen LogP contribution in [0.3, 0.4) is 0 Å². The van der Waals surface area contributed by atoms with Crippen LogP contribution < -0.4 is 15.4 Å². The van der Waals surface area contributed by atoms with Crippen LogP contribution in [-0.4, -0.2) is 52.2 Å². The van der Waals surface area contributed by atoms with Crippen molar-refractivity contribution >= 4 is 40.5 Å². The van der Waals surface area contributed by atoms with Crippen LogP contribution in [0.4, 0.5) is 5.82 Å². The molecule has 4 aromatic rings. The summed E-state index contributed by atoms with van der Waals surface area (Å²) in [5.74, 6) is -1.84. The molecule has 0 spiro atoms. The zero-order chi connectivity index (χ0) is 28.2. The number of rotatable bonds is 8. The zero-order valence-electron chi connectivity index (χ0n) is 21.7. The Morgan fingerprint density at radius 1 is 1.18 bits per heavy atom. The summed E-state index contributed by atoms with van der Waals surface area (Å²) >= 11 is 0. The van der Waals surface area contributed by atoms with E-state index < -0.39 is 17.7 Å². The molecule has 0 saturated heterocycles. The maximum atomic E-state index is 13.3. The number of benzene rings is 1. The van der Waals surface area contributed by atoms with Gasteiger partial charge in [-0.2, -0.15) is 0 Å². The van der Waals surface area contributed by atoms with E-state index in [0.717, 1.165) is 5.56 Å². The summed E-state index contributed by atoms with van der Waals surface area (Å²) < 4.78 is 11.2. The van der Waals surface area contributed by atoms with Gasteiger partial charge < -0.3 is 19.4 Å². The van der Waals surface area contributed by atoms with Crippen LogP contribution in [0.15, 0.2) is 77.5 Å². The number of carbonyl (C=O) groups is 4. The summed E-state index contributed by atoms with van der Waals surface area (Å²) in [6.45, 7) is 1.90. The van der Waals surface area contributed by atoms with Crippen molar-refractivity contribution in [3.63, 3.8) is 0 Å². The van der Waals surface area contributed by atoms with E-state index in [1.54, 1.807) is 55.6 Å². The first kappa shape index (κ1) is 26.3. The number of allylic oxidation sites excluding steroid dienone is 1. The average Bonchev–Trinajstić information content (AvgIpc) is 3.51. The Bertz CT molecular complexity index is 1650. The monoisotopic (exact) mass is 539 g/mol. The van der Waals surface area contributed by atoms with Gasteiger partial charge in [0, 0.05) is 37.1 Å². The van der Waals surface area contributed by atoms with Gasteiger partial charge in [-0.25, -0.2) is 4.98 Å². The Kier molecular flexibility index (Phi) is 7.36. The topological polar surface area (TPSA) is 144 Å². The van der Waals surface area contributed by atoms with Crippen molar-refractivity contribution in [1.29, 1.82) is 0 Å². The molecule has 11 heteroatoms. The van der Waals surface area contributed by atoms with Crippen LogP contribution in [0.2, 0.25) is 0 Å². The van der Waals surface area contributed by atoms with E-state index >= 15 is 0 Å². The smallest absolute Gasteiger partial charge is 0.258 e. The highest BCUT2D eigenvalue weighted by molar-refractivity contribution is 6.05. The number of fused-ring (bicyclic) bond motifs is 2. The molecule has 2 N–H and O–H groups in total. The summed E-state index contributed by atoms with van der Waals surface area (Å²) in [5, 5.41) is 5.05. The van der Waals surface area contributed by atoms with Gasteiger partial charge in [0.25, 0.3) is 11.8 Å². The molecule has 40 heavy (non-hydrogen) atoms. The van der Waals surface area contributed by atoms with Gasteiger partial charge in [0.15, 0.2) is 5.58 Å². The number of anilines is 1. The Balaban J connectivity index is 1.42. The number of imide groups is 1. The second kappa shape index (κ2) is 11.2. The highest BCUT2D eigenvalue weighted by Crippen LogP contribution is 2.31. The van der Waals surface area contributed by atoms with Crippen LogP contribution in [0.5, 0.6) is 5.75 Å². The summed E-state index contributed by atoms with van der Waals surface area (Å²) in [7, 11) is 1.52. The molecule has 4 heterocycles. The van der Waals surface area contributed by atoms with Gasteiger partial charge in [0.05, 0.1) is 12.7 Å². The molecule has 11 nitrogen and oxygen atoms in total. The lowest BCUT2D eigenvalue weighted by Crippen LogP contribution is -2.39. The molecule has 1 aliphatic heterocycles. The number of carbonyl (C=O) groups excluding carboxylic acids is 4. The van der Waals surface area contributed by atoms with Gasteiger partial charge >= 0.3 is 0 Å². The van der Waals surface area contributed by atoms with Gasteiger partial charge in [-0.1, -0.05) is 12.1 Å². The maximum Gasteiger partial charge on any atom is 0.258 e. The molecule has 1 unspecified atom stereocenters. The molecule has 5 rings (SSSR count). The predicted octanol–water partition coefficient (Wildman–Crippen LogP) is 3.44. The quantitative estimate of drug-likeness (QED) is 0.324. The molecule has 0 bridgehead atoms. The summed E-state index contributed by atoms with van der Waals surface area (Å²) in [4.78, 5) is 61.1. The number of aromatic nitrogens is 2. The normalized spacial score (nSPS) is 13.3. The lowest BCUT2D eigenvalue weighted by atomic mass is 10.0. The molecular formula is C29H25N5O6. The number of hydrogen-bond donors (Lipinski definition) is 2. The molecular weight excluding hydrogens is 514 g/mol. The third kappa shape index (κ3) is 5.44. The van der Waals surface area contributed by atoms with Crippen LogP contribution in [0.1, 0.15) is 44.9 Å². The Labute approximate surface area is 228 Å². The van der Waals surface area contributed by atoms with E-state index in [4.69, 9.17) is 9.15 Å². The first-order chi connectivity index (χ1) is 19.4. The van der Waals surface area contributed by atoms with Crippen LogP contribution in [-0.2, 0) is 16.1 Å². The minimum Gasteiger partial charge on any atom is -0.497 e. The minimum atomic E-state index is -1.02. The number of nitrogens with zero attached hydrogens (tertiary/aromatic N) is 3. The molecule has 0 radical (unpaired) electrons. The van der Waals surface area contributed by atoms with Crippen molar-refractivity contribution < 1.29 is 28.3 Å². The third-order valence-electron chi connectivity index (χ3n) is 6.38. The van der Waals surface area contributed by atoms with E-state index in [0.29, 0.717) is 28.0 Å². The van der Waals surface area contributed by atoms with E-state index in [1.165, 1.54) is 30.4 Å². The van der Waals surface area contributed by atoms with Crippen molar-refractivity contribution in [2.45, 2.75) is 19.4 Å². The van der Waals surface area contributed by atoms with Gasteiger partial charge in [0.2, 0.25) is 11.8 Å². The van der Waals surface area contributed by atoms with Crippen molar-refractivity contribution in [1.82, 2.24) is 20.2 Å². The minimum absolute atomic E-state index is 0.0464. The van der Waals surface area contributed by atoms with Crippen LogP contribution in [0.25, 0.3) is 11.1 Å². The number of amides is 4. The van der Waals surface area contributed by atoms with E-state index in [-0.39, 0.29) is 36.5 Å². The van der Waals surface area contributed by atoms with Gasteiger partial charge in [0.1, 0.15) is 28.8 Å². The number of furan rings is 1. The summed E-state index contributed by atoms with van der Waals surface area (Å²) in [6.07, 6.45) is 5.75. The molecule has 0 fully saturated rings. The molecule has 1 aliphatic rings. The number of ether oxygens (including phenoxy) is 1. The van der Waals surface area contributed by atoms with Crippen molar-refractivity contribution in [2.75, 3.05) is 19.0 Å². The molecule has 1 aromatic carbocycles. The van der Waals surface area contributed by atoms with Gasteiger partial charge in [-0.3, -0.25) is 29.5 Å². The lowest BCUT2D eigenvalue weighted by Gasteiger charge is -2.21. The van der Waals surface area contributed by atoms with Crippen molar-refractivity contribution in [2.24, 2.45) is 0 Å². The molecule has 3 aromatic heterocycles. The first-order valence-electron chi connectivity index (χ1n) is 12.4. The molecule has 0 saturated carbocycles. The first-order valence-corrected chi connectivity index (χ1v) is 12.4. The van der Waals surface area contributed by atoms with E-state index in [9.17, 15) is 19.2 Å². The highest BCUT2D eigenvalue weighted by atomic mass is 16.5. The van der Waals surface area contributed by atoms with Crippen LogP contribution >= 0.6 is 0 Å². The SMILES string of the molecule is C/C=C\C(=O)NC(=O)C(CN1Cc2ccc(OC)cc2C1=O)c1cc2nc(NC(=O)c3cccnc3)ccc2o1. The Morgan fingerprint density at radius 3 is 2.77 bits per heavy atom. The zero-order valence-corrected chi connectivity index (χ0v) is 21.7. The Hall–Kier alpha value is -5.32. The fraction of sp³-hybridized carbons (Fsp3) is 0.172. The van der Waals surface area contributed by atoms with E-state index in [1.807, 2.05) is 6.07 Å². The second-order valence-electron chi connectivity index (χ2n) is 9.04. The molecule has 202 valence electrons. The predicted molar refractivity (Wildman–Crippen MR) is 145 cm³/mol. The average molecular weight is 540 g/mol. The lowest BCUT2D eigenvalue weighted by molar-refractivity contribution is -0.129. The van der Waals surface area contributed by atoms with Gasteiger partial charge in [-0.05, 0) is 55.0 Å². The summed E-state index contributed by atoms with van der Waals surface area (Å²) in [6, 6.07) is 13.3. The fourth-order valence-electron chi connectivity index (χ4n) is 4.41. The largest absolute Gasteiger partial charge is 0.497 e. The number of nitrogens with one attached hydrogen (secondary N) is 2. The van der Waals surface area contributed by atoms with E-state index in [2.05, 4.69) is 20.6 Å². The fourth-order valence-corrected chi connectivity index (χ4v) is 4.41. The highest BCUT2D eigenvalue weighted by Gasteiger charge is 2.34. The maximum absolute atomic E-state index is 13.3. The third-order valence-corrected chi connectivity index (χ3v) is 6.38. The van der Waals surface area contributed by atoms with Crippen LogP contribution in [0, 0.1) is 0 Å². The standard InChI is InChI=1S/C29H25N5O6/c1-3-5-26(35)33-28(37)21(16-34-15-18-7-8-19(39-2)12-20(18)29(34)38)24-13-22-23(40-24)9-10-25(31-22)32-27(36)17-6-4-11-30-14-17/h3-14,21H,15-16H2,1-2H3,(H,31,32,36)(H,33,35,37)/b5-3-. The second-order valence-corrected chi connectivity index (χ2v) is 9.04. The molecule has 1 atom stereocenters. The molecule has 4 amide bonds.